The molecular weight excluding hydrogens is 268 g/mol. The van der Waals surface area contributed by atoms with E-state index in [1.54, 1.807) is 0 Å². The fourth-order valence-corrected chi connectivity index (χ4v) is 2.95. The Labute approximate surface area is 135 Å². The van der Waals surface area contributed by atoms with Crippen LogP contribution >= 0.6 is 0 Å². The summed E-state index contributed by atoms with van der Waals surface area (Å²) >= 11 is 0. The highest BCUT2D eigenvalue weighted by Crippen LogP contribution is 2.27. The summed E-state index contributed by atoms with van der Waals surface area (Å²) in [6, 6.07) is 6.37. The minimum absolute atomic E-state index is 0.130. The zero-order chi connectivity index (χ0) is 15.9. The molecule has 0 fully saturated rings. The predicted octanol–water partition coefficient (Wildman–Crippen LogP) is 5.93. The maximum Gasteiger partial charge on any atom is 0.123 e. The molecule has 0 radical (unpaired) electrons. The van der Waals surface area contributed by atoms with Gasteiger partial charge in [-0.3, -0.25) is 0 Å². The van der Waals surface area contributed by atoms with Crippen molar-refractivity contribution in [3.8, 4) is 5.75 Å². The third-order valence-corrected chi connectivity index (χ3v) is 4.25. The van der Waals surface area contributed by atoms with Crippen molar-refractivity contribution in [1.29, 1.82) is 0 Å². The largest absolute Gasteiger partial charge is 0.486 e. The van der Waals surface area contributed by atoms with Crippen LogP contribution in [0.15, 0.2) is 54.7 Å². The molecule has 0 aromatic heterocycles. The fraction of sp³-hybridized carbons (Fsp3) is 0.429. The Hall–Kier alpha value is -1.76. The summed E-state index contributed by atoms with van der Waals surface area (Å²) in [5.74, 6) is 1.44. The molecule has 1 aromatic carbocycles. The van der Waals surface area contributed by atoms with Gasteiger partial charge in [0.15, 0.2) is 0 Å². The third-order valence-electron chi connectivity index (χ3n) is 4.25. The van der Waals surface area contributed by atoms with Crippen LogP contribution in [0.5, 0.6) is 5.75 Å². The van der Waals surface area contributed by atoms with Crippen molar-refractivity contribution in [1.82, 2.24) is 0 Å². The molecule has 0 amide bonds. The average Bonchev–Trinajstić information content (AvgIpc) is 2.51. The zero-order valence-corrected chi connectivity index (χ0v) is 14.1. The van der Waals surface area contributed by atoms with Crippen molar-refractivity contribution in [2.24, 2.45) is 5.92 Å². The summed E-state index contributed by atoms with van der Waals surface area (Å²) in [6.45, 7) is 10.5. The molecule has 0 saturated carbocycles. The van der Waals surface area contributed by atoms with Crippen molar-refractivity contribution in [2.75, 3.05) is 0 Å². The molecule has 0 spiro atoms. The van der Waals surface area contributed by atoms with Crippen molar-refractivity contribution in [3.05, 3.63) is 65.8 Å². The highest BCUT2D eigenvalue weighted by Gasteiger charge is 2.16. The van der Waals surface area contributed by atoms with Gasteiger partial charge in [0.2, 0.25) is 0 Å². The Morgan fingerprint density at radius 2 is 2.18 bits per heavy atom. The van der Waals surface area contributed by atoms with Crippen LogP contribution in [0, 0.1) is 19.8 Å². The lowest BCUT2D eigenvalue weighted by Gasteiger charge is -2.23. The van der Waals surface area contributed by atoms with Gasteiger partial charge in [-0.2, -0.15) is 0 Å². The first-order chi connectivity index (χ1) is 10.6. The molecule has 0 saturated heterocycles. The van der Waals surface area contributed by atoms with Crippen molar-refractivity contribution in [2.45, 2.75) is 52.6 Å². The van der Waals surface area contributed by atoms with E-state index in [1.165, 1.54) is 36.0 Å². The van der Waals surface area contributed by atoms with E-state index in [4.69, 9.17) is 4.74 Å². The minimum Gasteiger partial charge on any atom is -0.486 e. The molecule has 1 nitrogen and oxygen atoms in total. The molecule has 0 N–H and O–H groups in total. The van der Waals surface area contributed by atoms with Crippen LogP contribution in [0.25, 0.3) is 0 Å². The smallest absolute Gasteiger partial charge is 0.123 e. The quantitative estimate of drug-likeness (QED) is 0.567. The lowest BCUT2D eigenvalue weighted by Crippen LogP contribution is -2.18. The van der Waals surface area contributed by atoms with E-state index in [2.05, 4.69) is 69.9 Å². The molecule has 118 valence electrons. The van der Waals surface area contributed by atoms with Gasteiger partial charge in [-0.1, -0.05) is 55.7 Å². The van der Waals surface area contributed by atoms with E-state index in [0.29, 0.717) is 5.92 Å². The molecule has 1 unspecified atom stereocenters. The lowest BCUT2D eigenvalue weighted by atomic mass is 9.89. The van der Waals surface area contributed by atoms with Crippen LogP contribution in [-0.2, 0) is 0 Å². The normalized spacial score (nSPS) is 18.7. The molecule has 1 aromatic rings. The molecule has 1 aliphatic rings. The number of unbranched alkanes of at least 4 members (excludes halogenated alkanes) is 1. The first-order valence-corrected chi connectivity index (χ1v) is 8.38. The molecule has 1 aliphatic carbocycles. The monoisotopic (exact) mass is 296 g/mol. The van der Waals surface area contributed by atoms with E-state index in [0.717, 1.165) is 12.2 Å². The number of rotatable bonds is 7. The summed E-state index contributed by atoms with van der Waals surface area (Å²) in [6.07, 6.45) is 13.5. The number of benzene rings is 1. The standard InChI is InChI=1S/C21H28O/c1-5-7-9-18(6-2)19-10-8-11-20(15-19)22-21-13-12-16(3)14-17(21)4/h6,8,10,12-15,18,20H,2,5,7,9,11H2,1,3-4H3/t18-,20?/m0/s1. The lowest BCUT2D eigenvalue weighted by molar-refractivity contribution is 0.248. The van der Waals surface area contributed by atoms with Gasteiger partial charge in [0.25, 0.3) is 0 Å². The Bertz CT molecular complexity index is 565. The molecule has 0 aliphatic heterocycles. The van der Waals surface area contributed by atoms with Gasteiger partial charge >= 0.3 is 0 Å². The Kier molecular flexibility index (Phi) is 6.06. The van der Waals surface area contributed by atoms with Crippen molar-refractivity contribution < 1.29 is 4.74 Å². The molecule has 2 atom stereocenters. The van der Waals surface area contributed by atoms with E-state index in [-0.39, 0.29) is 6.10 Å². The van der Waals surface area contributed by atoms with Crippen LogP contribution in [0.2, 0.25) is 0 Å². The topological polar surface area (TPSA) is 9.23 Å². The molecule has 0 bridgehead atoms. The van der Waals surface area contributed by atoms with Gasteiger partial charge < -0.3 is 4.74 Å². The van der Waals surface area contributed by atoms with E-state index < -0.39 is 0 Å². The van der Waals surface area contributed by atoms with Crippen molar-refractivity contribution in [3.63, 3.8) is 0 Å². The van der Waals surface area contributed by atoms with Crippen LogP contribution < -0.4 is 4.74 Å². The summed E-state index contributed by atoms with van der Waals surface area (Å²) in [5, 5.41) is 0. The molecule has 22 heavy (non-hydrogen) atoms. The highest BCUT2D eigenvalue weighted by atomic mass is 16.5. The van der Waals surface area contributed by atoms with Crippen LogP contribution in [0.3, 0.4) is 0 Å². The second-order valence-corrected chi connectivity index (χ2v) is 6.21. The summed E-state index contributed by atoms with van der Waals surface area (Å²) in [5.41, 5.74) is 3.83. The molecule has 2 rings (SSSR count). The van der Waals surface area contributed by atoms with E-state index in [9.17, 15) is 0 Å². The van der Waals surface area contributed by atoms with E-state index in [1.807, 2.05) is 0 Å². The fourth-order valence-electron chi connectivity index (χ4n) is 2.95. The van der Waals surface area contributed by atoms with Crippen molar-refractivity contribution >= 4 is 0 Å². The zero-order valence-electron chi connectivity index (χ0n) is 14.1. The van der Waals surface area contributed by atoms with Gasteiger partial charge in [0.05, 0.1) is 0 Å². The SMILES string of the molecule is C=C[C@@H](CCCC)C1=CC(Oc2ccc(C)cc2C)CC=C1. The van der Waals surface area contributed by atoms with Gasteiger partial charge in [-0.25, -0.2) is 0 Å². The van der Waals surface area contributed by atoms with Crippen LogP contribution in [-0.4, -0.2) is 6.10 Å². The summed E-state index contributed by atoms with van der Waals surface area (Å²) < 4.78 is 6.21. The summed E-state index contributed by atoms with van der Waals surface area (Å²) in [4.78, 5) is 0. The third kappa shape index (κ3) is 4.37. The minimum atomic E-state index is 0.130. The predicted molar refractivity (Wildman–Crippen MR) is 95.4 cm³/mol. The Morgan fingerprint density at radius 3 is 2.86 bits per heavy atom. The summed E-state index contributed by atoms with van der Waals surface area (Å²) in [7, 11) is 0. The van der Waals surface area contributed by atoms with Crippen LogP contribution in [0.4, 0.5) is 0 Å². The van der Waals surface area contributed by atoms with Crippen LogP contribution in [0.1, 0.15) is 43.7 Å². The Morgan fingerprint density at radius 1 is 1.36 bits per heavy atom. The number of hydrogen-bond acceptors (Lipinski definition) is 1. The Balaban J connectivity index is 2.09. The number of allylic oxidation sites excluding steroid dienone is 3. The number of ether oxygens (including phenoxy) is 1. The maximum absolute atomic E-state index is 6.21. The maximum atomic E-state index is 6.21. The number of aryl methyl sites for hydroxylation is 2. The van der Waals surface area contributed by atoms with Gasteiger partial charge in [0, 0.05) is 12.3 Å². The van der Waals surface area contributed by atoms with Gasteiger partial charge in [0.1, 0.15) is 11.9 Å². The second kappa shape index (κ2) is 8.03. The number of hydrogen-bond donors (Lipinski definition) is 0. The van der Waals surface area contributed by atoms with Gasteiger partial charge in [-0.15, -0.1) is 6.58 Å². The molecular formula is C21H28O. The van der Waals surface area contributed by atoms with Gasteiger partial charge in [-0.05, 0) is 43.5 Å². The average molecular weight is 296 g/mol. The highest BCUT2D eigenvalue weighted by molar-refractivity contribution is 5.37. The second-order valence-electron chi connectivity index (χ2n) is 6.21. The first-order valence-electron chi connectivity index (χ1n) is 8.38. The molecule has 0 heterocycles. The molecule has 1 heteroatoms. The first kappa shape index (κ1) is 16.6. The van der Waals surface area contributed by atoms with E-state index >= 15 is 0 Å².